The molecule has 1 aromatic rings. The van der Waals surface area contributed by atoms with Gasteiger partial charge in [0.1, 0.15) is 6.04 Å². The molecule has 0 saturated carbocycles. The van der Waals surface area contributed by atoms with Gasteiger partial charge in [0.05, 0.1) is 16.7 Å². The topological polar surface area (TPSA) is 83.6 Å². The van der Waals surface area contributed by atoms with Crippen LogP contribution in [-0.2, 0) is 9.59 Å². The molecule has 2 heterocycles. The minimum absolute atomic E-state index is 0.158. The SMILES string of the molecule is O=C1C=CC2(C=C1)CC(N1C(=O)c3ccccc3C1=O)C(=O)N2. The van der Waals surface area contributed by atoms with E-state index in [-0.39, 0.29) is 12.2 Å². The summed E-state index contributed by atoms with van der Waals surface area (Å²) in [4.78, 5) is 49.6. The summed E-state index contributed by atoms with van der Waals surface area (Å²) in [5, 5.41) is 2.77. The molecule has 0 aromatic heterocycles. The number of fused-ring (bicyclic) bond motifs is 1. The maximum absolute atomic E-state index is 12.5. The van der Waals surface area contributed by atoms with Crippen molar-refractivity contribution in [3.8, 4) is 0 Å². The predicted molar refractivity (Wildman–Crippen MR) is 79.5 cm³/mol. The molecule has 4 rings (SSSR count). The van der Waals surface area contributed by atoms with Crippen molar-refractivity contribution in [1.82, 2.24) is 10.2 Å². The molecule has 1 aromatic carbocycles. The molecule has 1 saturated heterocycles. The van der Waals surface area contributed by atoms with Crippen molar-refractivity contribution in [2.75, 3.05) is 0 Å². The van der Waals surface area contributed by atoms with Crippen LogP contribution in [0.1, 0.15) is 27.1 Å². The second kappa shape index (κ2) is 4.49. The van der Waals surface area contributed by atoms with Crippen LogP contribution >= 0.6 is 0 Å². The van der Waals surface area contributed by atoms with Gasteiger partial charge in [-0.1, -0.05) is 24.3 Å². The van der Waals surface area contributed by atoms with Crippen molar-refractivity contribution < 1.29 is 19.2 Å². The number of ketones is 1. The monoisotopic (exact) mass is 308 g/mol. The van der Waals surface area contributed by atoms with Gasteiger partial charge in [-0.25, -0.2) is 0 Å². The first-order valence-electron chi connectivity index (χ1n) is 7.22. The van der Waals surface area contributed by atoms with Gasteiger partial charge in [-0.15, -0.1) is 0 Å². The van der Waals surface area contributed by atoms with Gasteiger partial charge in [0, 0.05) is 6.42 Å². The Kier molecular flexibility index (Phi) is 2.66. The predicted octanol–water partition coefficient (Wildman–Crippen LogP) is 0.605. The number of benzene rings is 1. The summed E-state index contributed by atoms with van der Waals surface area (Å²) in [5.41, 5.74) is -0.183. The average Bonchev–Trinajstić information content (AvgIpc) is 2.99. The van der Waals surface area contributed by atoms with Crippen LogP contribution in [0.5, 0.6) is 0 Å². The molecule has 6 heteroatoms. The van der Waals surface area contributed by atoms with Crippen molar-refractivity contribution in [1.29, 1.82) is 0 Å². The van der Waals surface area contributed by atoms with E-state index in [4.69, 9.17) is 0 Å². The fourth-order valence-corrected chi connectivity index (χ4v) is 3.27. The molecule has 0 radical (unpaired) electrons. The van der Waals surface area contributed by atoms with Gasteiger partial charge in [0.15, 0.2) is 5.78 Å². The van der Waals surface area contributed by atoms with Crippen LogP contribution in [0.3, 0.4) is 0 Å². The van der Waals surface area contributed by atoms with Crippen molar-refractivity contribution in [2.45, 2.75) is 18.0 Å². The Labute approximate surface area is 131 Å². The lowest BCUT2D eigenvalue weighted by Crippen LogP contribution is -2.44. The highest BCUT2D eigenvalue weighted by molar-refractivity contribution is 6.23. The van der Waals surface area contributed by atoms with E-state index in [1.54, 1.807) is 36.4 Å². The molecule has 1 spiro atoms. The first-order valence-corrected chi connectivity index (χ1v) is 7.22. The maximum Gasteiger partial charge on any atom is 0.262 e. The third-order valence-electron chi connectivity index (χ3n) is 4.42. The minimum Gasteiger partial charge on any atom is -0.342 e. The van der Waals surface area contributed by atoms with E-state index in [2.05, 4.69) is 5.32 Å². The molecule has 6 nitrogen and oxygen atoms in total. The number of imide groups is 1. The fourth-order valence-electron chi connectivity index (χ4n) is 3.27. The molecular weight excluding hydrogens is 296 g/mol. The third kappa shape index (κ3) is 1.88. The second-order valence-electron chi connectivity index (χ2n) is 5.84. The number of nitrogens with zero attached hydrogens (tertiary/aromatic N) is 1. The minimum atomic E-state index is -0.884. The van der Waals surface area contributed by atoms with E-state index >= 15 is 0 Å². The average molecular weight is 308 g/mol. The smallest absolute Gasteiger partial charge is 0.262 e. The van der Waals surface area contributed by atoms with E-state index in [0.717, 1.165) is 4.90 Å². The van der Waals surface area contributed by atoms with Crippen LogP contribution in [0, 0.1) is 0 Å². The van der Waals surface area contributed by atoms with Crippen molar-refractivity contribution in [2.24, 2.45) is 0 Å². The number of allylic oxidation sites excluding steroid dienone is 2. The Morgan fingerprint density at radius 2 is 1.52 bits per heavy atom. The van der Waals surface area contributed by atoms with Crippen LogP contribution in [0.25, 0.3) is 0 Å². The highest BCUT2D eigenvalue weighted by Crippen LogP contribution is 2.33. The van der Waals surface area contributed by atoms with E-state index in [0.29, 0.717) is 11.1 Å². The zero-order chi connectivity index (χ0) is 16.2. The van der Waals surface area contributed by atoms with Gasteiger partial charge in [0.2, 0.25) is 5.91 Å². The summed E-state index contributed by atoms with van der Waals surface area (Å²) in [6, 6.07) is 5.64. The van der Waals surface area contributed by atoms with Gasteiger partial charge in [-0.2, -0.15) is 0 Å². The Hall–Kier alpha value is -3.02. The van der Waals surface area contributed by atoms with Crippen LogP contribution in [0.15, 0.2) is 48.6 Å². The van der Waals surface area contributed by atoms with E-state index < -0.39 is 29.3 Å². The zero-order valence-corrected chi connectivity index (χ0v) is 12.0. The lowest BCUT2D eigenvalue weighted by atomic mass is 9.90. The number of nitrogens with one attached hydrogen (secondary N) is 1. The second-order valence-corrected chi connectivity index (χ2v) is 5.84. The van der Waals surface area contributed by atoms with Gasteiger partial charge in [0.25, 0.3) is 11.8 Å². The number of hydrogen-bond donors (Lipinski definition) is 1. The van der Waals surface area contributed by atoms with Crippen LogP contribution in [0.2, 0.25) is 0 Å². The first kappa shape index (κ1) is 13.6. The molecule has 114 valence electrons. The highest BCUT2D eigenvalue weighted by Gasteiger charge is 2.50. The Balaban J connectivity index is 1.68. The van der Waals surface area contributed by atoms with Crippen molar-refractivity contribution in [3.05, 3.63) is 59.7 Å². The van der Waals surface area contributed by atoms with Crippen LogP contribution in [-0.4, -0.2) is 40.0 Å². The van der Waals surface area contributed by atoms with Crippen LogP contribution < -0.4 is 5.32 Å². The number of carbonyl (C=O) groups excluding carboxylic acids is 4. The molecule has 3 aliphatic rings. The van der Waals surface area contributed by atoms with E-state index in [9.17, 15) is 19.2 Å². The van der Waals surface area contributed by atoms with Gasteiger partial charge in [-0.3, -0.25) is 24.1 Å². The summed E-state index contributed by atoms with van der Waals surface area (Å²) in [5.74, 6) is -1.47. The fraction of sp³-hybridized carbons (Fsp3) is 0.176. The van der Waals surface area contributed by atoms with E-state index in [1.807, 2.05) is 0 Å². The van der Waals surface area contributed by atoms with Crippen LogP contribution in [0.4, 0.5) is 0 Å². The lowest BCUT2D eigenvalue weighted by Gasteiger charge is -2.24. The molecule has 0 bridgehead atoms. The Bertz CT molecular complexity index is 786. The highest BCUT2D eigenvalue weighted by atomic mass is 16.2. The zero-order valence-electron chi connectivity index (χ0n) is 12.0. The van der Waals surface area contributed by atoms with Gasteiger partial charge in [-0.05, 0) is 24.3 Å². The molecule has 1 fully saturated rings. The Morgan fingerprint density at radius 1 is 0.957 bits per heavy atom. The molecule has 2 aliphatic heterocycles. The molecule has 1 aliphatic carbocycles. The maximum atomic E-state index is 12.5. The quantitative estimate of drug-likeness (QED) is 0.770. The lowest BCUT2D eigenvalue weighted by molar-refractivity contribution is -0.122. The largest absolute Gasteiger partial charge is 0.342 e. The van der Waals surface area contributed by atoms with Gasteiger partial charge < -0.3 is 5.32 Å². The normalized spacial score (nSPS) is 24.5. The van der Waals surface area contributed by atoms with Crippen molar-refractivity contribution >= 4 is 23.5 Å². The molecular formula is C17H12N2O4. The standard InChI is InChI=1S/C17H12N2O4/c20-10-5-7-17(8-6-10)9-13(14(21)18-17)19-15(22)11-3-1-2-4-12(11)16(19)23/h1-8,13H,9H2,(H,18,21). The first-order chi connectivity index (χ1) is 11.0. The summed E-state index contributed by atoms with van der Waals surface area (Å²) < 4.78 is 0. The summed E-state index contributed by atoms with van der Waals surface area (Å²) >= 11 is 0. The van der Waals surface area contributed by atoms with Gasteiger partial charge >= 0.3 is 0 Å². The molecule has 1 N–H and O–H groups in total. The summed E-state index contributed by atoms with van der Waals surface area (Å²) in [7, 11) is 0. The number of rotatable bonds is 1. The molecule has 23 heavy (non-hydrogen) atoms. The number of amides is 3. The van der Waals surface area contributed by atoms with E-state index in [1.165, 1.54) is 12.2 Å². The van der Waals surface area contributed by atoms with Crippen molar-refractivity contribution in [3.63, 3.8) is 0 Å². The molecule has 1 unspecified atom stereocenters. The summed E-state index contributed by atoms with van der Waals surface area (Å²) in [6.45, 7) is 0. The third-order valence-corrected chi connectivity index (χ3v) is 4.42. The number of carbonyl (C=O) groups is 4. The number of hydrogen-bond acceptors (Lipinski definition) is 4. The summed E-state index contributed by atoms with van der Waals surface area (Å²) in [6.07, 6.45) is 6.18. The molecule has 3 amide bonds. The molecule has 1 atom stereocenters. The Morgan fingerprint density at radius 3 is 2.09 bits per heavy atom.